The smallest absolute Gasteiger partial charge is 0.341 e. The number of hydrogen-bond acceptors (Lipinski definition) is 6. The van der Waals surface area contributed by atoms with Gasteiger partial charge in [-0.15, -0.1) is 11.3 Å². The molecule has 0 radical (unpaired) electrons. The molecule has 9 heteroatoms. The van der Waals surface area contributed by atoms with E-state index in [9.17, 15) is 14.4 Å². The van der Waals surface area contributed by atoms with Crippen LogP contribution in [-0.4, -0.2) is 40.3 Å². The molecule has 0 fully saturated rings. The van der Waals surface area contributed by atoms with Crippen molar-refractivity contribution in [3.05, 3.63) is 51.8 Å². The van der Waals surface area contributed by atoms with E-state index in [2.05, 4.69) is 15.6 Å². The van der Waals surface area contributed by atoms with Gasteiger partial charge in [0.05, 0.1) is 17.9 Å². The van der Waals surface area contributed by atoms with Crippen LogP contribution in [0.1, 0.15) is 63.7 Å². The number of aryl methyl sites for hydroxylation is 3. The molecule has 8 nitrogen and oxygen atoms in total. The van der Waals surface area contributed by atoms with Gasteiger partial charge in [-0.3, -0.25) is 14.0 Å². The quantitative estimate of drug-likeness (QED) is 0.376. The molecule has 0 spiro atoms. The highest BCUT2D eigenvalue weighted by atomic mass is 32.1. The third-order valence-electron chi connectivity index (χ3n) is 4.98. The van der Waals surface area contributed by atoms with Crippen LogP contribution in [0.2, 0.25) is 0 Å². The van der Waals surface area contributed by atoms with Gasteiger partial charge in [0.1, 0.15) is 16.3 Å². The lowest BCUT2D eigenvalue weighted by Crippen LogP contribution is -2.27. The number of thiophene rings is 1. The monoisotopic (exact) mass is 456 g/mol. The second kappa shape index (κ2) is 10.4. The van der Waals surface area contributed by atoms with Crippen molar-refractivity contribution in [2.75, 3.05) is 18.5 Å². The van der Waals surface area contributed by atoms with E-state index in [1.54, 1.807) is 17.4 Å². The van der Waals surface area contributed by atoms with Gasteiger partial charge in [0.25, 0.3) is 5.91 Å². The maximum atomic E-state index is 12.7. The molecule has 170 valence electrons. The largest absolute Gasteiger partial charge is 0.462 e. The van der Waals surface area contributed by atoms with E-state index >= 15 is 0 Å². The highest BCUT2D eigenvalue weighted by molar-refractivity contribution is 7.16. The summed E-state index contributed by atoms with van der Waals surface area (Å²) in [6, 6.07) is 5.59. The molecule has 0 bridgehead atoms. The molecule has 3 aromatic rings. The zero-order valence-electron chi connectivity index (χ0n) is 18.8. The van der Waals surface area contributed by atoms with E-state index in [0.717, 1.165) is 22.5 Å². The fourth-order valence-electron chi connectivity index (χ4n) is 3.38. The number of hydrogen-bond donors (Lipinski definition) is 2. The molecule has 0 saturated heterocycles. The van der Waals surface area contributed by atoms with Gasteiger partial charge in [-0.2, -0.15) is 0 Å². The number of nitrogens with zero attached hydrogens (tertiary/aromatic N) is 2. The molecule has 0 saturated carbocycles. The number of pyridine rings is 1. The average molecular weight is 457 g/mol. The Morgan fingerprint density at radius 1 is 1.22 bits per heavy atom. The van der Waals surface area contributed by atoms with Crippen molar-refractivity contribution in [1.29, 1.82) is 0 Å². The Morgan fingerprint density at radius 2 is 2.00 bits per heavy atom. The number of aromatic nitrogens is 2. The van der Waals surface area contributed by atoms with Crippen LogP contribution in [-0.2, 0) is 16.0 Å². The number of anilines is 1. The molecule has 0 atom stereocenters. The average Bonchev–Trinajstić information content (AvgIpc) is 3.32. The van der Waals surface area contributed by atoms with Gasteiger partial charge in [-0.25, -0.2) is 9.78 Å². The summed E-state index contributed by atoms with van der Waals surface area (Å²) < 4.78 is 6.86. The van der Waals surface area contributed by atoms with Crippen LogP contribution < -0.4 is 10.6 Å². The number of rotatable bonds is 9. The molecule has 0 aliphatic rings. The van der Waals surface area contributed by atoms with Crippen LogP contribution in [0.25, 0.3) is 5.65 Å². The summed E-state index contributed by atoms with van der Waals surface area (Å²) in [6.07, 6.45) is 3.26. The van der Waals surface area contributed by atoms with Crippen molar-refractivity contribution >= 4 is 39.8 Å². The van der Waals surface area contributed by atoms with Crippen molar-refractivity contribution in [2.45, 2.75) is 47.0 Å². The number of ether oxygens (including phenoxy) is 1. The molecule has 0 aromatic carbocycles. The highest BCUT2D eigenvalue weighted by Crippen LogP contribution is 2.29. The third kappa shape index (κ3) is 5.16. The van der Waals surface area contributed by atoms with Crippen LogP contribution in [0.15, 0.2) is 24.4 Å². The van der Waals surface area contributed by atoms with Crippen molar-refractivity contribution in [3.8, 4) is 0 Å². The highest BCUT2D eigenvalue weighted by Gasteiger charge is 2.19. The van der Waals surface area contributed by atoms with Crippen molar-refractivity contribution in [3.63, 3.8) is 0 Å². The predicted octanol–water partition coefficient (Wildman–Crippen LogP) is 3.90. The Balaban J connectivity index is 1.55. The zero-order chi connectivity index (χ0) is 23.3. The van der Waals surface area contributed by atoms with Crippen molar-refractivity contribution < 1.29 is 19.1 Å². The van der Waals surface area contributed by atoms with E-state index < -0.39 is 5.97 Å². The summed E-state index contributed by atoms with van der Waals surface area (Å²) in [4.78, 5) is 42.7. The first kappa shape index (κ1) is 23.5. The number of nitrogens with one attached hydrogen (secondary N) is 2. The molecular formula is C23H28N4O4S. The number of carbonyl (C=O) groups excluding carboxylic acids is 3. The first-order valence-electron chi connectivity index (χ1n) is 10.7. The van der Waals surface area contributed by atoms with Gasteiger partial charge >= 0.3 is 5.97 Å². The van der Waals surface area contributed by atoms with E-state index in [-0.39, 0.29) is 24.8 Å². The second-order valence-corrected chi connectivity index (χ2v) is 8.50. The Labute approximate surface area is 191 Å². The standard InChI is InChI=1S/C23H28N4O4S/c1-5-16-13-17(23(30)31-6-2)22(32-16)26-18(28)10-7-11-24-21(29)19-15(4)25-20-14(3)9-8-12-27(19)20/h8-9,12-13H,5-7,10-11H2,1-4H3,(H,24,29)(H,26,28). The molecule has 3 rings (SSSR count). The summed E-state index contributed by atoms with van der Waals surface area (Å²) >= 11 is 1.38. The summed E-state index contributed by atoms with van der Waals surface area (Å²) in [6.45, 7) is 8.11. The second-order valence-electron chi connectivity index (χ2n) is 7.37. The maximum absolute atomic E-state index is 12.7. The number of carbonyl (C=O) groups is 3. The van der Waals surface area contributed by atoms with Gasteiger partial charge < -0.3 is 15.4 Å². The zero-order valence-corrected chi connectivity index (χ0v) is 19.6. The van der Waals surface area contributed by atoms with Gasteiger partial charge in [-0.1, -0.05) is 13.0 Å². The van der Waals surface area contributed by atoms with Crippen LogP contribution in [0.3, 0.4) is 0 Å². The van der Waals surface area contributed by atoms with Crippen molar-refractivity contribution in [2.24, 2.45) is 0 Å². The summed E-state index contributed by atoms with van der Waals surface area (Å²) in [7, 11) is 0. The first-order chi connectivity index (χ1) is 15.3. The molecule has 3 heterocycles. The number of imidazole rings is 1. The molecule has 2 N–H and O–H groups in total. The normalized spacial score (nSPS) is 10.9. The summed E-state index contributed by atoms with van der Waals surface area (Å²) in [5, 5.41) is 6.18. The molecule has 0 unspecified atom stereocenters. The fourth-order valence-corrected chi connectivity index (χ4v) is 4.38. The minimum absolute atomic E-state index is 0.212. The van der Waals surface area contributed by atoms with Gasteiger partial charge in [0, 0.05) is 24.0 Å². The molecule has 0 aliphatic heterocycles. The molecule has 3 aromatic heterocycles. The Hall–Kier alpha value is -3.20. The number of esters is 1. The van der Waals surface area contributed by atoms with E-state index in [1.807, 2.05) is 39.1 Å². The SMILES string of the molecule is CCOC(=O)c1cc(CC)sc1NC(=O)CCCNC(=O)c1c(C)nc2c(C)cccn12. The summed E-state index contributed by atoms with van der Waals surface area (Å²) in [5.41, 5.74) is 3.29. The van der Waals surface area contributed by atoms with Crippen LogP contribution in [0.5, 0.6) is 0 Å². The minimum Gasteiger partial charge on any atom is -0.462 e. The maximum Gasteiger partial charge on any atom is 0.341 e. The predicted molar refractivity (Wildman–Crippen MR) is 125 cm³/mol. The van der Waals surface area contributed by atoms with E-state index in [1.165, 1.54) is 11.3 Å². The van der Waals surface area contributed by atoms with Crippen molar-refractivity contribution in [1.82, 2.24) is 14.7 Å². The van der Waals surface area contributed by atoms with E-state index in [4.69, 9.17) is 4.74 Å². The first-order valence-corrected chi connectivity index (χ1v) is 11.5. The topological polar surface area (TPSA) is 102 Å². The number of amides is 2. The Bertz CT molecular complexity index is 1150. The van der Waals surface area contributed by atoms with Crippen LogP contribution in [0.4, 0.5) is 5.00 Å². The lowest BCUT2D eigenvalue weighted by Gasteiger charge is -2.08. The lowest BCUT2D eigenvalue weighted by atomic mass is 10.2. The number of fused-ring (bicyclic) bond motifs is 1. The van der Waals surface area contributed by atoms with Crippen LogP contribution >= 0.6 is 11.3 Å². The molecule has 0 aliphatic carbocycles. The molecular weight excluding hydrogens is 428 g/mol. The molecule has 32 heavy (non-hydrogen) atoms. The van der Waals surface area contributed by atoms with E-state index in [0.29, 0.717) is 34.9 Å². The van der Waals surface area contributed by atoms with Gasteiger partial charge in [-0.05, 0) is 51.3 Å². The summed E-state index contributed by atoms with van der Waals surface area (Å²) in [5.74, 6) is -0.878. The Morgan fingerprint density at radius 3 is 2.72 bits per heavy atom. The lowest BCUT2D eigenvalue weighted by molar-refractivity contribution is -0.116. The molecule has 2 amide bonds. The van der Waals surface area contributed by atoms with Gasteiger partial charge in [0.15, 0.2) is 0 Å². The minimum atomic E-state index is -0.440. The van der Waals surface area contributed by atoms with Crippen LogP contribution in [0, 0.1) is 13.8 Å². The van der Waals surface area contributed by atoms with Gasteiger partial charge in [0.2, 0.25) is 5.91 Å². The third-order valence-corrected chi connectivity index (χ3v) is 6.18. The Kier molecular flexibility index (Phi) is 7.63. The fraction of sp³-hybridized carbons (Fsp3) is 0.391.